The summed E-state index contributed by atoms with van der Waals surface area (Å²) >= 11 is 5.90. The lowest BCUT2D eigenvalue weighted by atomic mass is 10.0. The van der Waals surface area contributed by atoms with Crippen molar-refractivity contribution in [2.45, 2.75) is 39.3 Å². The lowest BCUT2D eigenvalue weighted by Crippen LogP contribution is -2.48. The Kier molecular flexibility index (Phi) is 9.77. The van der Waals surface area contributed by atoms with Crippen LogP contribution in [0.15, 0.2) is 42.5 Å². The molecule has 0 fully saturated rings. The monoisotopic (exact) mass is 530 g/mol. The Hall–Kier alpha value is -3.30. The Morgan fingerprint density at radius 1 is 1.08 bits per heavy atom. The first-order valence-electron chi connectivity index (χ1n) is 12.3. The van der Waals surface area contributed by atoms with Crippen LogP contribution in [0.25, 0.3) is 0 Å². The highest BCUT2D eigenvalue weighted by Gasteiger charge is 2.30. The maximum Gasteiger partial charge on any atom is 0.323 e. The predicted molar refractivity (Wildman–Crippen MR) is 144 cm³/mol. The highest BCUT2D eigenvalue weighted by molar-refractivity contribution is 6.30. The van der Waals surface area contributed by atoms with Gasteiger partial charge in [-0.05, 0) is 43.3 Å². The smallest absolute Gasteiger partial charge is 0.323 e. The van der Waals surface area contributed by atoms with Crippen LogP contribution in [0.3, 0.4) is 0 Å². The van der Waals surface area contributed by atoms with E-state index in [4.69, 9.17) is 21.1 Å². The van der Waals surface area contributed by atoms with Gasteiger partial charge in [-0.3, -0.25) is 9.59 Å². The number of nitrogens with one attached hydrogen (secondary N) is 2. The molecule has 4 amide bonds. The van der Waals surface area contributed by atoms with Gasteiger partial charge < -0.3 is 29.9 Å². The van der Waals surface area contributed by atoms with Gasteiger partial charge in [0.15, 0.2) is 0 Å². The summed E-state index contributed by atoms with van der Waals surface area (Å²) in [6.45, 7) is 6.78. The number of rotatable bonds is 4. The number of hydrogen-bond donors (Lipinski definition) is 2. The number of amides is 4. The fourth-order valence-corrected chi connectivity index (χ4v) is 4.35. The van der Waals surface area contributed by atoms with Gasteiger partial charge in [-0.25, -0.2) is 4.79 Å². The minimum atomic E-state index is -0.455. The molecule has 200 valence electrons. The average molecular weight is 531 g/mol. The Morgan fingerprint density at radius 3 is 2.38 bits per heavy atom. The number of likely N-dealkylation sites (N-methyl/N-ethyl adjacent to an activating group) is 1. The zero-order valence-corrected chi connectivity index (χ0v) is 22.7. The molecule has 1 heterocycles. The summed E-state index contributed by atoms with van der Waals surface area (Å²) < 4.78 is 11.8. The number of urea groups is 1. The number of nitrogens with zero attached hydrogens (tertiary/aromatic N) is 2. The van der Waals surface area contributed by atoms with E-state index in [0.29, 0.717) is 47.2 Å². The van der Waals surface area contributed by atoms with Crippen LogP contribution in [0.5, 0.6) is 5.75 Å². The van der Waals surface area contributed by atoms with Crippen LogP contribution in [0, 0.1) is 5.92 Å². The largest absolute Gasteiger partial charge is 0.491 e. The molecule has 0 spiro atoms. The molecule has 0 aliphatic carbocycles. The summed E-state index contributed by atoms with van der Waals surface area (Å²) in [5, 5.41) is 6.07. The summed E-state index contributed by atoms with van der Waals surface area (Å²) in [4.78, 5) is 42.0. The van der Waals surface area contributed by atoms with E-state index < -0.39 is 6.03 Å². The lowest BCUT2D eigenvalue weighted by Gasteiger charge is -2.36. The first-order valence-corrected chi connectivity index (χ1v) is 12.7. The molecular weight excluding hydrogens is 496 g/mol. The Morgan fingerprint density at radius 2 is 1.73 bits per heavy atom. The molecule has 0 unspecified atom stereocenters. The van der Waals surface area contributed by atoms with Crippen molar-refractivity contribution in [3.8, 4) is 5.75 Å². The highest BCUT2D eigenvalue weighted by Crippen LogP contribution is 2.27. The fourth-order valence-electron chi connectivity index (χ4n) is 4.23. The summed E-state index contributed by atoms with van der Waals surface area (Å²) in [6, 6.07) is 10.9. The molecule has 3 atom stereocenters. The number of methoxy groups -OCH3 is 1. The van der Waals surface area contributed by atoms with Gasteiger partial charge in [-0.15, -0.1) is 0 Å². The molecular formula is C27H35ClN4O5. The number of fused-ring (bicyclic) bond motifs is 1. The van der Waals surface area contributed by atoms with E-state index >= 15 is 0 Å². The van der Waals surface area contributed by atoms with Crippen molar-refractivity contribution in [1.82, 2.24) is 9.80 Å². The van der Waals surface area contributed by atoms with Crippen LogP contribution in [-0.2, 0) is 9.53 Å². The number of carbonyl (C=O) groups excluding carboxylic acids is 3. The van der Waals surface area contributed by atoms with Gasteiger partial charge in [0.1, 0.15) is 12.4 Å². The van der Waals surface area contributed by atoms with Gasteiger partial charge in [0, 0.05) is 62.0 Å². The molecule has 0 bridgehead atoms. The maximum atomic E-state index is 13.3. The number of hydrogen-bond acceptors (Lipinski definition) is 5. The molecule has 2 aromatic carbocycles. The Bertz CT molecular complexity index is 1110. The van der Waals surface area contributed by atoms with Crippen LogP contribution in [0.1, 0.15) is 37.6 Å². The van der Waals surface area contributed by atoms with E-state index in [1.807, 2.05) is 20.8 Å². The third-order valence-corrected chi connectivity index (χ3v) is 6.68. The number of carbonyl (C=O) groups is 3. The van der Waals surface area contributed by atoms with Crippen molar-refractivity contribution in [3.05, 3.63) is 53.1 Å². The zero-order valence-electron chi connectivity index (χ0n) is 21.9. The molecule has 0 saturated heterocycles. The maximum absolute atomic E-state index is 13.3. The Labute approximate surface area is 223 Å². The molecule has 0 aromatic heterocycles. The predicted octanol–water partition coefficient (Wildman–Crippen LogP) is 4.73. The van der Waals surface area contributed by atoms with E-state index in [9.17, 15) is 14.4 Å². The minimum absolute atomic E-state index is 0.00262. The van der Waals surface area contributed by atoms with Crippen molar-refractivity contribution in [2.24, 2.45) is 5.92 Å². The van der Waals surface area contributed by atoms with Crippen molar-refractivity contribution in [1.29, 1.82) is 0 Å². The van der Waals surface area contributed by atoms with E-state index in [-0.39, 0.29) is 36.5 Å². The number of anilines is 2. The van der Waals surface area contributed by atoms with Crippen molar-refractivity contribution in [3.63, 3.8) is 0 Å². The lowest BCUT2D eigenvalue weighted by molar-refractivity contribution is -0.135. The summed E-state index contributed by atoms with van der Waals surface area (Å²) in [6.07, 6.45) is 0.120. The standard InChI is InChI=1S/C27H35ClN4O5/c1-6-25(33)32-14-17(2)24(36-5)15-31(4)26(34)22-12-11-21(13-23(22)37-16-18(32)3)30-27(35)29-20-9-7-19(28)8-10-20/h7-13,17-18,24H,6,14-16H2,1-5H3,(H2,29,30,35)/t17-,18-,24-/m0/s1. The van der Waals surface area contributed by atoms with Gasteiger partial charge >= 0.3 is 6.03 Å². The molecule has 37 heavy (non-hydrogen) atoms. The van der Waals surface area contributed by atoms with Crippen LogP contribution in [-0.4, -0.2) is 73.6 Å². The second kappa shape index (κ2) is 12.8. The molecule has 10 heteroatoms. The van der Waals surface area contributed by atoms with Gasteiger partial charge in [0.05, 0.1) is 17.7 Å². The highest BCUT2D eigenvalue weighted by atomic mass is 35.5. The van der Waals surface area contributed by atoms with Crippen LogP contribution in [0.4, 0.5) is 16.2 Å². The first-order chi connectivity index (χ1) is 17.6. The van der Waals surface area contributed by atoms with Gasteiger partial charge in [-0.1, -0.05) is 25.4 Å². The molecule has 2 N–H and O–H groups in total. The third-order valence-electron chi connectivity index (χ3n) is 6.43. The van der Waals surface area contributed by atoms with Crippen molar-refractivity contribution < 1.29 is 23.9 Å². The van der Waals surface area contributed by atoms with E-state index in [2.05, 4.69) is 10.6 Å². The number of ether oxygens (including phenoxy) is 2. The second-order valence-electron chi connectivity index (χ2n) is 9.29. The SMILES string of the molecule is CCC(=O)N1C[C@H](C)[C@@H](OC)CN(C)C(=O)c2ccc(NC(=O)Nc3ccc(Cl)cc3)cc2OC[C@@H]1C. The van der Waals surface area contributed by atoms with E-state index in [0.717, 1.165) is 0 Å². The minimum Gasteiger partial charge on any atom is -0.491 e. The van der Waals surface area contributed by atoms with Crippen LogP contribution < -0.4 is 15.4 Å². The fraction of sp³-hybridized carbons (Fsp3) is 0.444. The van der Waals surface area contributed by atoms with Crippen LogP contribution >= 0.6 is 11.6 Å². The average Bonchev–Trinajstić information content (AvgIpc) is 2.88. The van der Waals surface area contributed by atoms with Crippen LogP contribution in [0.2, 0.25) is 5.02 Å². The van der Waals surface area contributed by atoms with Gasteiger partial charge in [0.2, 0.25) is 5.91 Å². The molecule has 2 aromatic rings. The van der Waals surface area contributed by atoms with E-state index in [1.54, 1.807) is 66.4 Å². The normalized spacial score (nSPS) is 20.7. The number of benzene rings is 2. The quantitative estimate of drug-likeness (QED) is 0.595. The first kappa shape index (κ1) is 28.3. The van der Waals surface area contributed by atoms with Crippen molar-refractivity contribution >= 4 is 40.8 Å². The second-order valence-corrected chi connectivity index (χ2v) is 9.73. The molecule has 1 aliphatic heterocycles. The summed E-state index contributed by atoms with van der Waals surface area (Å²) in [5.74, 6) is 0.118. The zero-order chi connectivity index (χ0) is 27.1. The topological polar surface area (TPSA) is 100 Å². The van der Waals surface area contributed by atoms with E-state index in [1.165, 1.54) is 0 Å². The summed E-state index contributed by atoms with van der Waals surface area (Å²) in [5.41, 5.74) is 1.39. The molecule has 0 saturated carbocycles. The third kappa shape index (κ3) is 7.36. The number of halogens is 1. The summed E-state index contributed by atoms with van der Waals surface area (Å²) in [7, 11) is 3.32. The molecule has 1 aliphatic rings. The molecule has 3 rings (SSSR count). The molecule has 0 radical (unpaired) electrons. The van der Waals surface area contributed by atoms with Crippen molar-refractivity contribution in [2.75, 3.05) is 44.5 Å². The Balaban J connectivity index is 1.88. The van der Waals surface area contributed by atoms with Gasteiger partial charge in [-0.2, -0.15) is 0 Å². The molecule has 9 nitrogen and oxygen atoms in total. The van der Waals surface area contributed by atoms with Gasteiger partial charge in [0.25, 0.3) is 5.91 Å².